The molecule has 0 radical (unpaired) electrons. The Morgan fingerprint density at radius 1 is 0.375 bits per heavy atom. The van der Waals surface area contributed by atoms with Gasteiger partial charge in [0.05, 0.1) is 0 Å². The van der Waals surface area contributed by atoms with E-state index in [4.69, 9.17) is 0 Å². The van der Waals surface area contributed by atoms with E-state index in [0.717, 1.165) is 0 Å². The van der Waals surface area contributed by atoms with Gasteiger partial charge in [-0.25, -0.2) is 0 Å². The van der Waals surface area contributed by atoms with Crippen LogP contribution in [-0.2, 0) is 0 Å². The number of halogens is 6. The summed E-state index contributed by atoms with van der Waals surface area (Å²) in [5, 5.41) is 0. The molecular formula is H10F6KP. The number of hydrogen-bond donors (Lipinski definition) is 0. The zero-order valence-corrected chi connectivity index (χ0v) is 4.57. The minimum absolute atomic E-state index is 0. The van der Waals surface area contributed by atoms with Gasteiger partial charge in [0.1, 0.15) is 0 Å². The summed E-state index contributed by atoms with van der Waals surface area (Å²) in [7, 11) is 0. The fourth-order valence-electron chi connectivity index (χ4n) is 0. The Morgan fingerprint density at radius 3 is 0.375 bits per heavy atom. The summed E-state index contributed by atoms with van der Waals surface area (Å²) in [5.74, 6) is 0. The van der Waals surface area contributed by atoms with Gasteiger partial charge in [0.25, 0.3) is 0 Å². The molecule has 0 amide bonds. The van der Waals surface area contributed by atoms with Gasteiger partial charge in [-0.05, 0) is 0 Å². The fourth-order valence-corrected chi connectivity index (χ4v) is 0. The van der Waals surface area contributed by atoms with Crippen molar-refractivity contribution < 1.29 is 28.2 Å². The molecule has 0 spiro atoms. The summed E-state index contributed by atoms with van der Waals surface area (Å²) >= 11 is 0. The van der Waals surface area contributed by atoms with Crippen LogP contribution in [0.3, 0.4) is 0 Å². The van der Waals surface area contributed by atoms with E-state index in [1.807, 2.05) is 0 Å². The summed E-state index contributed by atoms with van der Waals surface area (Å²) < 4.78 is 0. The van der Waals surface area contributed by atoms with Crippen molar-refractivity contribution in [2.24, 2.45) is 0 Å². The zero-order valence-electron chi connectivity index (χ0n) is 3.16. The monoisotopic (exact) mass is 194 g/mol. The van der Waals surface area contributed by atoms with Crippen LogP contribution < -0.4 is 0 Å². The molecule has 1 atom stereocenters. The first-order valence-electron chi connectivity index (χ1n) is 0. The molecule has 0 N–H and O–H groups in total. The maximum atomic E-state index is 0. The van der Waals surface area contributed by atoms with Gasteiger partial charge in [0.15, 0.2) is 0 Å². The molecule has 0 aromatic carbocycles. The van der Waals surface area contributed by atoms with Gasteiger partial charge < -0.3 is 0 Å². The molecule has 0 saturated heterocycles. The van der Waals surface area contributed by atoms with Crippen LogP contribution in [0.15, 0.2) is 0 Å². The molecule has 0 fully saturated rings. The Labute approximate surface area is 88.4 Å². The van der Waals surface area contributed by atoms with Crippen LogP contribution in [0.5, 0.6) is 0 Å². The Bertz CT molecular complexity index is 8.49. The minimum atomic E-state index is 0. The van der Waals surface area contributed by atoms with Crippen molar-refractivity contribution >= 4 is 61.3 Å². The molecule has 0 heterocycles. The molecular weight excluding hydrogens is 184 g/mol. The van der Waals surface area contributed by atoms with Crippen molar-refractivity contribution in [1.82, 2.24) is 0 Å². The molecule has 0 saturated carbocycles. The van der Waals surface area contributed by atoms with Crippen LogP contribution in [0.25, 0.3) is 0 Å². The first-order chi connectivity index (χ1) is 0. The molecule has 8 heavy (non-hydrogen) atoms. The van der Waals surface area contributed by atoms with E-state index >= 15 is 0 Å². The van der Waals surface area contributed by atoms with Gasteiger partial charge in [0, 0.05) is 0 Å². The second kappa shape index (κ2) is 187. The van der Waals surface area contributed by atoms with Crippen molar-refractivity contribution in [3.63, 3.8) is 0 Å². The van der Waals surface area contributed by atoms with E-state index in [1.54, 1.807) is 0 Å². The molecule has 0 aliphatic heterocycles. The summed E-state index contributed by atoms with van der Waals surface area (Å²) in [6.45, 7) is 0. The Balaban J connectivity index is 0. The third-order valence-electron chi connectivity index (χ3n) is 0. The molecule has 0 rings (SSSR count). The van der Waals surface area contributed by atoms with Crippen LogP contribution in [0, 0.1) is 0 Å². The maximum absolute atomic E-state index is 0. The predicted molar refractivity (Wildman–Crippen MR) is 33.3 cm³/mol. The van der Waals surface area contributed by atoms with Crippen LogP contribution in [0.2, 0.25) is 0 Å². The predicted octanol–water partition coefficient (Wildman–Crippen LogP) is 0.325. The van der Waals surface area contributed by atoms with Gasteiger partial charge in [0.2, 0.25) is 0 Å². The van der Waals surface area contributed by atoms with Gasteiger partial charge in [-0.1, -0.05) is 0 Å². The van der Waals surface area contributed by atoms with E-state index in [9.17, 15) is 0 Å². The average molecular weight is 194 g/mol. The van der Waals surface area contributed by atoms with Gasteiger partial charge in [-0.2, -0.15) is 9.90 Å². The van der Waals surface area contributed by atoms with E-state index in [0.29, 0.717) is 0 Å². The van der Waals surface area contributed by atoms with Crippen LogP contribution in [0.4, 0.5) is 28.2 Å². The second-order valence-electron chi connectivity index (χ2n) is 0. The third-order valence-corrected chi connectivity index (χ3v) is 0. The summed E-state index contributed by atoms with van der Waals surface area (Å²) in [5.41, 5.74) is 0. The first-order valence-corrected chi connectivity index (χ1v) is 0. The topological polar surface area (TPSA) is 0 Å². The number of hydrogen-bond acceptors (Lipinski definition) is 0. The summed E-state index contributed by atoms with van der Waals surface area (Å²) in [6, 6.07) is 0. The molecule has 0 aromatic heterocycles. The Kier molecular flexibility index (Phi) is 6200. The van der Waals surface area contributed by atoms with Crippen molar-refractivity contribution in [2.75, 3.05) is 0 Å². The zero-order chi connectivity index (χ0) is 0. The molecule has 0 nitrogen and oxygen atoms in total. The van der Waals surface area contributed by atoms with Gasteiger partial charge >= 0.3 is 51.4 Å². The van der Waals surface area contributed by atoms with Crippen LogP contribution >= 0.6 is 9.90 Å². The summed E-state index contributed by atoms with van der Waals surface area (Å²) in [6.07, 6.45) is 0. The van der Waals surface area contributed by atoms with Crippen LogP contribution in [0.1, 0.15) is 0 Å². The second-order valence-corrected chi connectivity index (χ2v) is 0. The molecule has 8 heteroatoms. The number of rotatable bonds is 0. The molecule has 58 valence electrons. The standard InChI is InChI=1S/6FH.K.H3P.H/h6*1H;;1H3;. The molecule has 0 aliphatic rings. The van der Waals surface area contributed by atoms with Crippen molar-refractivity contribution in [3.05, 3.63) is 0 Å². The normalized spacial score (nSPS) is 0. The van der Waals surface area contributed by atoms with Gasteiger partial charge in [-0.3, -0.25) is 28.2 Å². The van der Waals surface area contributed by atoms with Gasteiger partial charge in [-0.15, -0.1) is 0 Å². The van der Waals surface area contributed by atoms with Crippen molar-refractivity contribution in [2.45, 2.75) is 0 Å². The quantitative estimate of drug-likeness (QED) is 0.296. The van der Waals surface area contributed by atoms with E-state index in [-0.39, 0.29) is 89.5 Å². The van der Waals surface area contributed by atoms with Crippen molar-refractivity contribution in [3.8, 4) is 0 Å². The Morgan fingerprint density at radius 2 is 0.375 bits per heavy atom. The van der Waals surface area contributed by atoms with E-state index in [2.05, 4.69) is 0 Å². The summed E-state index contributed by atoms with van der Waals surface area (Å²) in [4.78, 5) is 0. The average Bonchev–Trinajstić information content (AvgIpc) is 0. The van der Waals surface area contributed by atoms with E-state index < -0.39 is 0 Å². The SMILES string of the molecule is F.F.F.F.F.F.P.[KH]. The molecule has 1 unspecified atom stereocenters. The molecule has 0 bridgehead atoms. The Hall–Kier alpha value is 1.65. The molecule has 0 aromatic rings. The van der Waals surface area contributed by atoms with Crippen molar-refractivity contribution in [1.29, 1.82) is 0 Å². The first kappa shape index (κ1) is 266. The fraction of sp³-hybridized carbons (Fsp3) is 0. The molecule has 0 aliphatic carbocycles. The third kappa shape index (κ3) is 125. The van der Waals surface area contributed by atoms with Crippen LogP contribution in [-0.4, -0.2) is 51.4 Å². The van der Waals surface area contributed by atoms with E-state index in [1.165, 1.54) is 0 Å².